The molecule has 3 rings (SSSR count). The van der Waals surface area contributed by atoms with Crippen LogP contribution in [-0.2, 0) is 0 Å². The minimum Gasteiger partial charge on any atom is -0.302 e. The molecule has 0 aromatic carbocycles. The summed E-state index contributed by atoms with van der Waals surface area (Å²) in [6, 6.07) is 0.741. The number of likely N-dealkylation sites (tertiary alicyclic amines) is 2. The largest absolute Gasteiger partial charge is 0.302 e. The molecule has 0 radical (unpaired) electrons. The zero-order valence-electron chi connectivity index (χ0n) is 14.6. The Balaban J connectivity index is 1.43. The van der Waals surface area contributed by atoms with Crippen molar-refractivity contribution >= 4 is 0 Å². The fourth-order valence-electron chi connectivity index (χ4n) is 4.98. The third-order valence-electron chi connectivity index (χ3n) is 6.75. The molecule has 0 atom stereocenters. The summed E-state index contributed by atoms with van der Waals surface area (Å²) in [6.45, 7) is 14.0. The molecule has 0 bridgehead atoms. The van der Waals surface area contributed by atoms with Crippen LogP contribution in [0.1, 0.15) is 65.7 Å². The first-order chi connectivity index (χ1) is 10.1. The van der Waals surface area contributed by atoms with Crippen LogP contribution in [0.25, 0.3) is 0 Å². The molecule has 2 heterocycles. The maximum atomic E-state index is 2.83. The highest BCUT2D eigenvalue weighted by molar-refractivity contribution is 4.93. The normalized spacial score (nSPS) is 36.9. The fourth-order valence-corrected chi connectivity index (χ4v) is 4.98. The molecule has 21 heavy (non-hydrogen) atoms. The van der Waals surface area contributed by atoms with E-state index in [2.05, 4.69) is 30.6 Å². The van der Waals surface area contributed by atoms with E-state index in [1.54, 1.807) is 0 Å². The van der Waals surface area contributed by atoms with Crippen molar-refractivity contribution in [3.8, 4) is 0 Å². The molecule has 2 heteroatoms. The lowest BCUT2D eigenvalue weighted by atomic mass is 9.70. The second kappa shape index (κ2) is 6.58. The minimum atomic E-state index is 0.727. The molecule has 1 saturated carbocycles. The van der Waals surface area contributed by atoms with Crippen molar-refractivity contribution in [1.29, 1.82) is 0 Å². The van der Waals surface area contributed by atoms with Gasteiger partial charge >= 0.3 is 0 Å². The summed E-state index contributed by atoms with van der Waals surface area (Å²) in [5, 5.41) is 0. The second-order valence-corrected chi connectivity index (χ2v) is 8.74. The second-order valence-electron chi connectivity index (χ2n) is 8.74. The Hall–Kier alpha value is -0.0800. The third-order valence-corrected chi connectivity index (χ3v) is 6.75. The molecule has 2 nitrogen and oxygen atoms in total. The molecular weight excluding hydrogens is 256 g/mol. The van der Waals surface area contributed by atoms with Crippen LogP contribution in [0.15, 0.2) is 0 Å². The van der Waals surface area contributed by atoms with E-state index in [0.717, 1.165) is 23.3 Å². The van der Waals surface area contributed by atoms with Gasteiger partial charge in [0.15, 0.2) is 0 Å². The summed E-state index contributed by atoms with van der Waals surface area (Å²) in [7, 11) is 0. The van der Waals surface area contributed by atoms with E-state index >= 15 is 0 Å². The lowest BCUT2D eigenvalue weighted by Gasteiger charge is -2.38. The van der Waals surface area contributed by atoms with E-state index in [1.807, 2.05) is 0 Å². The van der Waals surface area contributed by atoms with Gasteiger partial charge in [-0.15, -0.1) is 0 Å². The van der Waals surface area contributed by atoms with Crippen LogP contribution in [0.3, 0.4) is 0 Å². The van der Waals surface area contributed by atoms with Crippen LogP contribution in [0.2, 0.25) is 0 Å². The lowest BCUT2D eigenvalue weighted by Crippen LogP contribution is -2.41. The molecule has 2 saturated heterocycles. The standard InChI is InChI=1S/C19H36N2/c1-16(2)21-11-6-18(7-12-21)14-20-13-10-19(15-20)8-4-17(3)5-9-19/h16-18H,4-15H2,1-3H3. The van der Waals surface area contributed by atoms with Crippen molar-refractivity contribution in [2.75, 3.05) is 32.7 Å². The predicted molar refractivity (Wildman–Crippen MR) is 90.6 cm³/mol. The van der Waals surface area contributed by atoms with Crippen LogP contribution in [0.5, 0.6) is 0 Å². The smallest absolute Gasteiger partial charge is 0.00386 e. The maximum absolute atomic E-state index is 2.83. The molecular formula is C19H36N2. The van der Waals surface area contributed by atoms with Crippen molar-refractivity contribution in [1.82, 2.24) is 9.80 Å². The van der Waals surface area contributed by atoms with Gasteiger partial charge in [0.25, 0.3) is 0 Å². The molecule has 0 aromatic rings. The monoisotopic (exact) mass is 292 g/mol. The summed E-state index contributed by atoms with van der Waals surface area (Å²) >= 11 is 0. The highest BCUT2D eigenvalue weighted by Crippen LogP contribution is 2.45. The molecule has 1 spiro atoms. The van der Waals surface area contributed by atoms with Crippen LogP contribution in [-0.4, -0.2) is 48.6 Å². The average Bonchev–Trinajstić information content (AvgIpc) is 2.86. The minimum absolute atomic E-state index is 0.727. The molecule has 0 aromatic heterocycles. The maximum Gasteiger partial charge on any atom is 0.00386 e. The van der Waals surface area contributed by atoms with Gasteiger partial charge in [-0.05, 0) is 82.8 Å². The van der Waals surface area contributed by atoms with Crippen LogP contribution >= 0.6 is 0 Å². The van der Waals surface area contributed by atoms with Crippen molar-refractivity contribution in [3.63, 3.8) is 0 Å². The Bertz CT molecular complexity index is 322. The first kappa shape index (κ1) is 15.8. The lowest BCUT2D eigenvalue weighted by molar-refractivity contribution is 0.115. The molecule has 0 amide bonds. The Labute approximate surface area is 132 Å². The van der Waals surface area contributed by atoms with Gasteiger partial charge in [-0.25, -0.2) is 0 Å². The van der Waals surface area contributed by atoms with Gasteiger partial charge in [0, 0.05) is 19.1 Å². The highest BCUT2D eigenvalue weighted by atomic mass is 15.2. The number of hydrogen-bond donors (Lipinski definition) is 0. The van der Waals surface area contributed by atoms with E-state index in [0.29, 0.717) is 0 Å². The number of nitrogens with zero attached hydrogens (tertiary/aromatic N) is 2. The van der Waals surface area contributed by atoms with Crippen molar-refractivity contribution in [2.45, 2.75) is 71.8 Å². The summed E-state index contributed by atoms with van der Waals surface area (Å²) in [5.41, 5.74) is 0.727. The summed E-state index contributed by atoms with van der Waals surface area (Å²) in [4.78, 5) is 5.48. The number of piperidine rings is 1. The Kier molecular flexibility index (Phi) is 4.95. The van der Waals surface area contributed by atoms with Crippen LogP contribution in [0.4, 0.5) is 0 Å². The summed E-state index contributed by atoms with van der Waals surface area (Å²) in [5.74, 6) is 1.96. The molecule has 0 unspecified atom stereocenters. The van der Waals surface area contributed by atoms with E-state index in [4.69, 9.17) is 0 Å². The molecule has 1 aliphatic carbocycles. The Morgan fingerprint density at radius 3 is 2.24 bits per heavy atom. The molecule has 122 valence electrons. The van der Waals surface area contributed by atoms with Gasteiger partial charge in [-0.2, -0.15) is 0 Å². The number of rotatable bonds is 3. The van der Waals surface area contributed by atoms with Crippen molar-refractivity contribution in [2.24, 2.45) is 17.3 Å². The zero-order valence-corrected chi connectivity index (χ0v) is 14.6. The molecule has 0 N–H and O–H groups in total. The van der Waals surface area contributed by atoms with Gasteiger partial charge < -0.3 is 9.80 Å². The molecule has 3 aliphatic rings. The van der Waals surface area contributed by atoms with Gasteiger partial charge in [0.2, 0.25) is 0 Å². The van der Waals surface area contributed by atoms with Crippen molar-refractivity contribution in [3.05, 3.63) is 0 Å². The Morgan fingerprint density at radius 1 is 0.952 bits per heavy atom. The number of hydrogen-bond acceptors (Lipinski definition) is 2. The summed E-state index contributed by atoms with van der Waals surface area (Å²) in [6.07, 6.45) is 10.3. The summed E-state index contributed by atoms with van der Waals surface area (Å²) < 4.78 is 0. The van der Waals surface area contributed by atoms with E-state index < -0.39 is 0 Å². The van der Waals surface area contributed by atoms with E-state index in [-0.39, 0.29) is 0 Å². The molecule has 2 aliphatic heterocycles. The van der Waals surface area contributed by atoms with E-state index in [9.17, 15) is 0 Å². The van der Waals surface area contributed by atoms with Crippen molar-refractivity contribution < 1.29 is 0 Å². The van der Waals surface area contributed by atoms with Crippen LogP contribution in [0, 0.1) is 17.3 Å². The SMILES string of the molecule is CC1CCC2(CC1)CCN(CC1CCN(C(C)C)CC1)C2. The highest BCUT2D eigenvalue weighted by Gasteiger charge is 2.40. The van der Waals surface area contributed by atoms with Gasteiger partial charge in [-0.1, -0.05) is 19.8 Å². The predicted octanol–water partition coefficient (Wildman–Crippen LogP) is 4.01. The first-order valence-corrected chi connectivity index (χ1v) is 9.53. The first-order valence-electron chi connectivity index (χ1n) is 9.53. The third kappa shape index (κ3) is 3.82. The van der Waals surface area contributed by atoms with E-state index in [1.165, 1.54) is 77.7 Å². The zero-order chi connectivity index (χ0) is 14.9. The van der Waals surface area contributed by atoms with Crippen LogP contribution < -0.4 is 0 Å². The van der Waals surface area contributed by atoms with Gasteiger partial charge in [0.1, 0.15) is 0 Å². The Morgan fingerprint density at radius 2 is 1.62 bits per heavy atom. The molecule has 3 fully saturated rings. The fraction of sp³-hybridized carbons (Fsp3) is 1.00. The van der Waals surface area contributed by atoms with Gasteiger partial charge in [-0.3, -0.25) is 0 Å². The quantitative estimate of drug-likeness (QED) is 0.775. The van der Waals surface area contributed by atoms with Gasteiger partial charge in [0.05, 0.1) is 0 Å². The average molecular weight is 293 g/mol. The topological polar surface area (TPSA) is 6.48 Å².